The van der Waals surface area contributed by atoms with E-state index in [2.05, 4.69) is 10.6 Å². The smallest absolute Gasteiger partial charge is 0.254 e. The highest BCUT2D eigenvalue weighted by molar-refractivity contribution is 5.98. The number of benzene rings is 2. The van der Waals surface area contributed by atoms with Crippen LogP contribution in [0.2, 0.25) is 0 Å². The summed E-state index contributed by atoms with van der Waals surface area (Å²) in [6, 6.07) is 11.2. The summed E-state index contributed by atoms with van der Waals surface area (Å²) in [5.74, 6) is -3.38. The SMILES string of the molecule is CCCN(CC(=O)NCC(=O)Nc1ccccc1)C(=O)c1cc(F)cc(F)c1. The Kier molecular flexibility index (Phi) is 7.62. The molecule has 0 saturated carbocycles. The first-order valence-corrected chi connectivity index (χ1v) is 8.76. The molecule has 0 aliphatic rings. The normalized spacial score (nSPS) is 10.2. The first-order valence-electron chi connectivity index (χ1n) is 8.76. The summed E-state index contributed by atoms with van der Waals surface area (Å²) in [6.45, 7) is 1.43. The van der Waals surface area contributed by atoms with Crippen molar-refractivity contribution in [3.05, 3.63) is 65.7 Å². The van der Waals surface area contributed by atoms with Crippen LogP contribution in [0.5, 0.6) is 0 Å². The van der Waals surface area contributed by atoms with Gasteiger partial charge in [-0.1, -0.05) is 25.1 Å². The Morgan fingerprint density at radius 3 is 2.21 bits per heavy atom. The van der Waals surface area contributed by atoms with E-state index in [1.54, 1.807) is 37.3 Å². The fraction of sp³-hybridized carbons (Fsp3) is 0.250. The standard InChI is InChI=1S/C20H21F2N3O3/c1-2-8-25(20(28)14-9-15(21)11-16(22)10-14)13-19(27)23-12-18(26)24-17-6-4-3-5-7-17/h3-7,9-11H,2,8,12-13H2,1H3,(H,23,27)(H,24,26). The molecule has 2 aromatic carbocycles. The summed E-state index contributed by atoms with van der Waals surface area (Å²) in [4.78, 5) is 37.7. The number of hydrogen-bond donors (Lipinski definition) is 2. The molecule has 148 valence electrons. The second-order valence-electron chi connectivity index (χ2n) is 6.08. The van der Waals surface area contributed by atoms with Crippen LogP contribution in [0.3, 0.4) is 0 Å². The van der Waals surface area contributed by atoms with Gasteiger partial charge in [0, 0.05) is 23.9 Å². The summed E-state index contributed by atoms with van der Waals surface area (Å²) in [7, 11) is 0. The van der Waals surface area contributed by atoms with Crippen molar-refractivity contribution in [3.8, 4) is 0 Å². The van der Waals surface area contributed by atoms with Crippen molar-refractivity contribution in [1.29, 1.82) is 0 Å². The lowest BCUT2D eigenvalue weighted by Crippen LogP contribution is -2.43. The van der Waals surface area contributed by atoms with E-state index in [0.29, 0.717) is 18.2 Å². The number of nitrogens with one attached hydrogen (secondary N) is 2. The van der Waals surface area contributed by atoms with Crippen LogP contribution in [-0.2, 0) is 9.59 Å². The van der Waals surface area contributed by atoms with Crippen LogP contribution in [-0.4, -0.2) is 42.3 Å². The van der Waals surface area contributed by atoms with Gasteiger partial charge < -0.3 is 15.5 Å². The van der Waals surface area contributed by atoms with Crippen LogP contribution >= 0.6 is 0 Å². The molecule has 2 rings (SSSR count). The van der Waals surface area contributed by atoms with Crippen molar-refractivity contribution in [3.63, 3.8) is 0 Å². The molecule has 3 amide bonds. The average molecular weight is 389 g/mol. The van der Waals surface area contributed by atoms with Gasteiger partial charge in [0.05, 0.1) is 13.1 Å². The van der Waals surface area contributed by atoms with Gasteiger partial charge in [0.15, 0.2) is 0 Å². The zero-order valence-corrected chi connectivity index (χ0v) is 15.4. The Bertz CT molecular complexity index is 824. The third kappa shape index (κ3) is 6.46. The lowest BCUT2D eigenvalue weighted by atomic mass is 10.1. The molecule has 2 aromatic rings. The highest BCUT2D eigenvalue weighted by atomic mass is 19.1. The van der Waals surface area contributed by atoms with Gasteiger partial charge >= 0.3 is 0 Å². The summed E-state index contributed by atoms with van der Waals surface area (Å²) in [5, 5.41) is 5.05. The second-order valence-corrected chi connectivity index (χ2v) is 6.08. The average Bonchev–Trinajstić information content (AvgIpc) is 2.65. The number of nitrogens with zero attached hydrogens (tertiary/aromatic N) is 1. The molecule has 0 bridgehead atoms. The van der Waals surface area contributed by atoms with E-state index in [1.807, 2.05) is 0 Å². The molecular weight excluding hydrogens is 368 g/mol. The maximum Gasteiger partial charge on any atom is 0.254 e. The predicted molar refractivity (Wildman–Crippen MR) is 101 cm³/mol. The molecule has 0 saturated heterocycles. The molecule has 0 radical (unpaired) electrons. The molecule has 0 unspecified atom stereocenters. The van der Waals surface area contributed by atoms with Crippen LogP contribution in [0.25, 0.3) is 0 Å². The fourth-order valence-corrected chi connectivity index (χ4v) is 2.52. The Hall–Kier alpha value is -3.29. The number of halogens is 2. The largest absolute Gasteiger partial charge is 0.345 e. The van der Waals surface area contributed by atoms with Crippen LogP contribution in [0.4, 0.5) is 14.5 Å². The fourth-order valence-electron chi connectivity index (χ4n) is 2.52. The summed E-state index contributed by atoms with van der Waals surface area (Å²) >= 11 is 0. The third-order valence-electron chi connectivity index (χ3n) is 3.73. The van der Waals surface area contributed by atoms with E-state index in [1.165, 1.54) is 4.90 Å². The molecule has 2 N–H and O–H groups in total. The first kappa shape index (κ1) is 21.0. The highest BCUT2D eigenvalue weighted by Gasteiger charge is 2.20. The number of para-hydroxylation sites is 1. The molecule has 6 nitrogen and oxygen atoms in total. The van der Waals surface area contributed by atoms with E-state index < -0.39 is 29.4 Å². The zero-order valence-electron chi connectivity index (χ0n) is 15.4. The number of carbonyl (C=O) groups is 3. The molecule has 8 heteroatoms. The van der Waals surface area contributed by atoms with Crippen molar-refractivity contribution in [2.24, 2.45) is 0 Å². The lowest BCUT2D eigenvalue weighted by Gasteiger charge is -2.21. The van der Waals surface area contributed by atoms with Gasteiger partial charge in [-0.05, 0) is 30.7 Å². The van der Waals surface area contributed by atoms with Gasteiger partial charge in [-0.15, -0.1) is 0 Å². The number of rotatable bonds is 8. The van der Waals surface area contributed by atoms with E-state index in [4.69, 9.17) is 0 Å². The molecule has 0 aliphatic heterocycles. The Morgan fingerprint density at radius 1 is 0.964 bits per heavy atom. The molecule has 0 aromatic heterocycles. The number of amides is 3. The van der Waals surface area contributed by atoms with Crippen molar-refractivity contribution in [2.45, 2.75) is 13.3 Å². The van der Waals surface area contributed by atoms with Gasteiger partial charge in [0.1, 0.15) is 11.6 Å². The van der Waals surface area contributed by atoms with Gasteiger partial charge in [0.2, 0.25) is 11.8 Å². The van der Waals surface area contributed by atoms with E-state index in [0.717, 1.165) is 12.1 Å². The molecule has 0 atom stereocenters. The number of carbonyl (C=O) groups excluding carboxylic acids is 3. The van der Waals surface area contributed by atoms with Gasteiger partial charge in [-0.3, -0.25) is 14.4 Å². The predicted octanol–water partition coefficient (Wildman–Crippen LogP) is 2.57. The maximum absolute atomic E-state index is 13.4. The minimum atomic E-state index is -0.873. The van der Waals surface area contributed by atoms with E-state index in [9.17, 15) is 23.2 Å². The first-order chi connectivity index (χ1) is 13.4. The highest BCUT2D eigenvalue weighted by Crippen LogP contribution is 2.11. The topological polar surface area (TPSA) is 78.5 Å². The Morgan fingerprint density at radius 2 is 1.61 bits per heavy atom. The number of hydrogen-bond acceptors (Lipinski definition) is 3. The van der Waals surface area contributed by atoms with Crippen LogP contribution in [0.1, 0.15) is 23.7 Å². The van der Waals surface area contributed by atoms with Crippen LogP contribution < -0.4 is 10.6 Å². The monoisotopic (exact) mass is 389 g/mol. The summed E-state index contributed by atoms with van der Waals surface area (Å²) < 4.78 is 26.7. The maximum atomic E-state index is 13.4. The lowest BCUT2D eigenvalue weighted by molar-refractivity contribution is -0.124. The van der Waals surface area contributed by atoms with Crippen LogP contribution in [0, 0.1) is 11.6 Å². The van der Waals surface area contributed by atoms with Gasteiger partial charge in [-0.25, -0.2) is 8.78 Å². The Balaban J connectivity index is 1.92. The minimum Gasteiger partial charge on any atom is -0.345 e. The third-order valence-corrected chi connectivity index (χ3v) is 3.73. The molecule has 0 spiro atoms. The minimum absolute atomic E-state index is 0.180. The molecule has 0 fully saturated rings. The van der Waals surface area contributed by atoms with Crippen molar-refractivity contribution >= 4 is 23.4 Å². The summed E-state index contributed by atoms with van der Waals surface area (Å²) in [6.07, 6.45) is 0.547. The molecular formula is C20H21F2N3O3. The number of anilines is 1. The summed E-state index contributed by atoms with van der Waals surface area (Å²) in [5.41, 5.74) is 0.415. The molecule has 0 heterocycles. The van der Waals surface area contributed by atoms with Crippen LogP contribution in [0.15, 0.2) is 48.5 Å². The van der Waals surface area contributed by atoms with Crippen molar-refractivity contribution in [2.75, 3.05) is 25.0 Å². The van der Waals surface area contributed by atoms with E-state index >= 15 is 0 Å². The van der Waals surface area contributed by atoms with Crippen molar-refractivity contribution < 1.29 is 23.2 Å². The van der Waals surface area contributed by atoms with Gasteiger partial charge in [-0.2, -0.15) is 0 Å². The van der Waals surface area contributed by atoms with E-state index in [-0.39, 0.29) is 25.2 Å². The second kappa shape index (κ2) is 10.1. The molecule has 28 heavy (non-hydrogen) atoms. The molecule has 0 aliphatic carbocycles. The quantitative estimate of drug-likeness (QED) is 0.728. The van der Waals surface area contributed by atoms with Gasteiger partial charge in [0.25, 0.3) is 5.91 Å². The zero-order chi connectivity index (χ0) is 20.5. The Labute approximate surface area is 161 Å². The van der Waals surface area contributed by atoms with Crippen molar-refractivity contribution in [1.82, 2.24) is 10.2 Å².